The number of rotatable bonds is 4. The Kier molecular flexibility index (Phi) is 5.59. The number of hydrogen-bond acceptors (Lipinski definition) is 5. The minimum absolute atomic E-state index is 0.0380. The van der Waals surface area contributed by atoms with Crippen LogP contribution >= 0.6 is 0 Å². The quantitative estimate of drug-likeness (QED) is 0.615. The molecule has 31 heavy (non-hydrogen) atoms. The summed E-state index contributed by atoms with van der Waals surface area (Å²) >= 11 is 0. The van der Waals surface area contributed by atoms with Crippen molar-refractivity contribution in [3.63, 3.8) is 0 Å². The van der Waals surface area contributed by atoms with E-state index in [4.69, 9.17) is 0 Å². The van der Waals surface area contributed by atoms with Crippen LogP contribution in [0.4, 0.5) is 14.6 Å². The average molecular weight is 446 g/mol. The van der Waals surface area contributed by atoms with Crippen molar-refractivity contribution < 1.29 is 17.2 Å². The third-order valence-corrected chi connectivity index (χ3v) is 7.23. The molecule has 0 amide bonds. The number of anilines is 1. The monoisotopic (exact) mass is 446 g/mol. The number of aromatic nitrogens is 2. The van der Waals surface area contributed by atoms with Gasteiger partial charge in [0.25, 0.3) is 5.56 Å². The standard InChI is InChI=1S/C21H20F2N4O3S/c1-15-2-3-17(23)14-19(15)31(29,30)26-12-10-25(11-13-26)20-8-9-21(28)27(24-20)18-6-4-16(22)5-7-18/h2-9,14H,10-13H2,1H3. The lowest BCUT2D eigenvalue weighted by Gasteiger charge is -2.34. The molecule has 0 N–H and O–H groups in total. The fraction of sp³-hybridized carbons (Fsp3) is 0.238. The number of sulfonamides is 1. The van der Waals surface area contributed by atoms with E-state index < -0.39 is 21.7 Å². The third kappa shape index (κ3) is 4.21. The summed E-state index contributed by atoms with van der Waals surface area (Å²) in [5.41, 5.74) is 0.547. The van der Waals surface area contributed by atoms with Crippen LogP contribution in [0.3, 0.4) is 0 Å². The molecule has 10 heteroatoms. The first-order chi connectivity index (χ1) is 14.8. The lowest BCUT2D eigenvalue weighted by atomic mass is 10.2. The Morgan fingerprint density at radius 3 is 2.19 bits per heavy atom. The van der Waals surface area contributed by atoms with Crippen LogP contribution in [0.1, 0.15) is 5.56 Å². The molecule has 0 unspecified atom stereocenters. The topological polar surface area (TPSA) is 75.5 Å². The number of benzene rings is 2. The SMILES string of the molecule is Cc1ccc(F)cc1S(=O)(=O)N1CCN(c2ccc(=O)n(-c3ccc(F)cc3)n2)CC1. The molecule has 2 heterocycles. The van der Waals surface area contributed by atoms with Gasteiger partial charge in [-0.25, -0.2) is 17.2 Å². The molecule has 1 aromatic heterocycles. The third-order valence-electron chi connectivity index (χ3n) is 5.19. The molecule has 162 valence electrons. The zero-order valence-corrected chi connectivity index (χ0v) is 17.5. The molecule has 0 atom stereocenters. The molecule has 0 bridgehead atoms. The zero-order chi connectivity index (χ0) is 22.2. The molecule has 0 aliphatic carbocycles. The van der Waals surface area contributed by atoms with Gasteiger partial charge in [-0.3, -0.25) is 4.79 Å². The van der Waals surface area contributed by atoms with E-state index in [-0.39, 0.29) is 23.5 Å². The van der Waals surface area contributed by atoms with Crippen molar-refractivity contribution in [1.82, 2.24) is 14.1 Å². The van der Waals surface area contributed by atoms with Gasteiger partial charge in [-0.05, 0) is 55.0 Å². The highest BCUT2D eigenvalue weighted by molar-refractivity contribution is 7.89. The Morgan fingerprint density at radius 1 is 0.871 bits per heavy atom. The highest BCUT2D eigenvalue weighted by atomic mass is 32.2. The van der Waals surface area contributed by atoms with Crippen LogP contribution in [0.5, 0.6) is 0 Å². The highest BCUT2D eigenvalue weighted by Gasteiger charge is 2.30. The lowest BCUT2D eigenvalue weighted by Crippen LogP contribution is -2.49. The Hall–Kier alpha value is -3.11. The highest BCUT2D eigenvalue weighted by Crippen LogP contribution is 2.23. The van der Waals surface area contributed by atoms with Gasteiger partial charge in [0.15, 0.2) is 0 Å². The van der Waals surface area contributed by atoms with Gasteiger partial charge in [0.1, 0.15) is 17.5 Å². The summed E-state index contributed by atoms with van der Waals surface area (Å²) < 4.78 is 55.2. The van der Waals surface area contributed by atoms with E-state index in [1.54, 1.807) is 13.0 Å². The molecule has 0 radical (unpaired) electrons. The van der Waals surface area contributed by atoms with Gasteiger partial charge in [0, 0.05) is 32.2 Å². The smallest absolute Gasteiger partial charge is 0.271 e. The van der Waals surface area contributed by atoms with Crippen LogP contribution < -0.4 is 10.5 Å². The number of hydrogen-bond donors (Lipinski definition) is 0. The molecular weight excluding hydrogens is 426 g/mol. The largest absolute Gasteiger partial charge is 0.353 e. The molecule has 0 saturated carbocycles. The van der Waals surface area contributed by atoms with Crippen LogP contribution in [0, 0.1) is 18.6 Å². The van der Waals surface area contributed by atoms with Gasteiger partial charge in [-0.2, -0.15) is 8.99 Å². The van der Waals surface area contributed by atoms with E-state index in [0.717, 1.165) is 6.07 Å². The second-order valence-electron chi connectivity index (χ2n) is 7.22. The van der Waals surface area contributed by atoms with Gasteiger partial charge in [-0.1, -0.05) is 6.07 Å². The van der Waals surface area contributed by atoms with E-state index in [1.165, 1.54) is 51.5 Å². The first-order valence-electron chi connectivity index (χ1n) is 9.63. The molecule has 4 rings (SSSR count). The van der Waals surface area contributed by atoms with E-state index in [0.29, 0.717) is 30.2 Å². The van der Waals surface area contributed by atoms with Crippen molar-refractivity contribution in [1.29, 1.82) is 0 Å². The maximum absolute atomic E-state index is 13.6. The average Bonchev–Trinajstić information content (AvgIpc) is 2.76. The molecule has 2 aromatic carbocycles. The summed E-state index contributed by atoms with van der Waals surface area (Å²) in [6.45, 7) is 2.71. The molecule has 1 fully saturated rings. The Morgan fingerprint density at radius 2 is 1.52 bits per heavy atom. The second kappa shape index (κ2) is 8.20. The van der Waals surface area contributed by atoms with E-state index in [9.17, 15) is 22.0 Å². The van der Waals surface area contributed by atoms with E-state index in [2.05, 4.69) is 5.10 Å². The predicted molar refractivity (Wildman–Crippen MR) is 112 cm³/mol. The molecule has 3 aromatic rings. The van der Waals surface area contributed by atoms with Crippen LogP contribution in [0.2, 0.25) is 0 Å². The molecule has 1 saturated heterocycles. The van der Waals surface area contributed by atoms with Crippen molar-refractivity contribution in [3.8, 4) is 5.69 Å². The normalized spacial score (nSPS) is 15.3. The van der Waals surface area contributed by atoms with Gasteiger partial charge in [0.2, 0.25) is 10.0 Å². The summed E-state index contributed by atoms with van der Waals surface area (Å²) in [6, 6.07) is 12.1. The summed E-state index contributed by atoms with van der Waals surface area (Å²) in [7, 11) is -3.83. The van der Waals surface area contributed by atoms with Crippen LogP contribution in [-0.2, 0) is 10.0 Å². The first-order valence-corrected chi connectivity index (χ1v) is 11.1. The van der Waals surface area contributed by atoms with Crippen LogP contribution in [-0.4, -0.2) is 48.7 Å². The van der Waals surface area contributed by atoms with Crippen molar-refractivity contribution in [3.05, 3.63) is 82.1 Å². The second-order valence-corrected chi connectivity index (χ2v) is 9.13. The zero-order valence-electron chi connectivity index (χ0n) is 16.7. The van der Waals surface area contributed by atoms with E-state index >= 15 is 0 Å². The van der Waals surface area contributed by atoms with Gasteiger partial charge < -0.3 is 4.90 Å². The van der Waals surface area contributed by atoms with Crippen molar-refractivity contribution in [2.75, 3.05) is 31.1 Å². The summed E-state index contributed by atoms with van der Waals surface area (Å²) in [6.07, 6.45) is 0. The molecule has 0 spiro atoms. The number of nitrogens with zero attached hydrogens (tertiary/aromatic N) is 4. The van der Waals surface area contributed by atoms with E-state index in [1.807, 2.05) is 4.90 Å². The minimum atomic E-state index is -3.83. The first kappa shape index (κ1) is 21.1. The van der Waals surface area contributed by atoms with Gasteiger partial charge >= 0.3 is 0 Å². The lowest BCUT2D eigenvalue weighted by molar-refractivity contribution is 0.382. The Bertz CT molecular complexity index is 1270. The minimum Gasteiger partial charge on any atom is -0.353 e. The molecule has 7 nitrogen and oxygen atoms in total. The predicted octanol–water partition coefficient (Wildman–Crippen LogP) is 2.33. The fourth-order valence-corrected chi connectivity index (χ4v) is 5.14. The summed E-state index contributed by atoms with van der Waals surface area (Å²) in [4.78, 5) is 14.0. The van der Waals surface area contributed by atoms with Gasteiger partial charge in [-0.15, -0.1) is 5.10 Å². The van der Waals surface area contributed by atoms with Gasteiger partial charge in [0.05, 0.1) is 10.6 Å². The maximum atomic E-state index is 13.6. The molecule has 1 aliphatic rings. The maximum Gasteiger partial charge on any atom is 0.271 e. The summed E-state index contributed by atoms with van der Waals surface area (Å²) in [5, 5.41) is 4.36. The summed E-state index contributed by atoms with van der Waals surface area (Å²) in [5.74, 6) is -0.517. The number of aryl methyl sites for hydroxylation is 1. The van der Waals surface area contributed by atoms with Crippen LogP contribution in [0.15, 0.2) is 64.3 Å². The van der Waals surface area contributed by atoms with Crippen molar-refractivity contribution in [2.24, 2.45) is 0 Å². The Labute approximate surface area is 178 Å². The van der Waals surface area contributed by atoms with Crippen molar-refractivity contribution >= 4 is 15.8 Å². The molecule has 1 aliphatic heterocycles. The number of piperazine rings is 1. The number of halogens is 2. The van der Waals surface area contributed by atoms with Crippen molar-refractivity contribution in [2.45, 2.75) is 11.8 Å². The fourth-order valence-electron chi connectivity index (χ4n) is 3.49. The van der Waals surface area contributed by atoms with Crippen LogP contribution in [0.25, 0.3) is 5.69 Å². The molecular formula is C21H20F2N4O3S. The Balaban J connectivity index is 1.54.